The normalized spacial score (nSPS) is 10.8. The second-order valence-electron chi connectivity index (χ2n) is 3.80. The number of tetrazole rings is 1. The van der Waals surface area contributed by atoms with Crippen molar-refractivity contribution >= 4 is 11.0 Å². The summed E-state index contributed by atoms with van der Waals surface area (Å²) in [4.78, 5) is 12.0. The highest BCUT2D eigenvalue weighted by atomic mass is 16.5. The van der Waals surface area contributed by atoms with E-state index in [2.05, 4.69) is 20.6 Å². The van der Waals surface area contributed by atoms with E-state index in [1.54, 1.807) is 12.1 Å². The van der Waals surface area contributed by atoms with Crippen molar-refractivity contribution < 1.29 is 9.15 Å². The topological polar surface area (TPSA) is 93.9 Å². The Morgan fingerprint density at radius 1 is 1.42 bits per heavy atom. The molecule has 0 radical (unpaired) electrons. The lowest BCUT2D eigenvalue weighted by molar-refractivity contribution is 0.337. The fourth-order valence-electron chi connectivity index (χ4n) is 1.83. The van der Waals surface area contributed by atoms with Gasteiger partial charge in [-0.1, -0.05) is 12.1 Å². The number of hydrogen-bond donors (Lipinski definition) is 1. The van der Waals surface area contributed by atoms with E-state index in [1.165, 1.54) is 0 Å². The Hall–Kier alpha value is -2.70. The SMILES string of the molecule is CCOc1cccc2cc(-c3nnn[nH]3)c(=O)oc12. The third-order valence-corrected chi connectivity index (χ3v) is 2.62. The number of rotatable bonds is 3. The zero-order chi connectivity index (χ0) is 13.2. The van der Waals surface area contributed by atoms with E-state index in [0.29, 0.717) is 17.9 Å². The molecule has 0 aliphatic rings. The Kier molecular flexibility index (Phi) is 2.71. The maximum Gasteiger partial charge on any atom is 0.347 e. The number of fused-ring (bicyclic) bond motifs is 1. The number of hydrogen-bond acceptors (Lipinski definition) is 6. The van der Waals surface area contributed by atoms with Gasteiger partial charge < -0.3 is 9.15 Å². The van der Waals surface area contributed by atoms with Crippen LogP contribution in [0.15, 0.2) is 33.5 Å². The molecule has 0 saturated heterocycles. The lowest BCUT2D eigenvalue weighted by Crippen LogP contribution is -2.04. The van der Waals surface area contributed by atoms with Crippen LogP contribution in [0.4, 0.5) is 0 Å². The number of ether oxygens (including phenoxy) is 1. The third-order valence-electron chi connectivity index (χ3n) is 2.62. The summed E-state index contributed by atoms with van der Waals surface area (Å²) in [7, 11) is 0. The molecule has 0 spiro atoms. The van der Waals surface area contributed by atoms with Crippen LogP contribution < -0.4 is 10.4 Å². The van der Waals surface area contributed by atoms with Crippen molar-refractivity contribution in [3.8, 4) is 17.1 Å². The summed E-state index contributed by atoms with van der Waals surface area (Å²) < 4.78 is 10.7. The van der Waals surface area contributed by atoms with E-state index in [-0.39, 0.29) is 11.4 Å². The third kappa shape index (κ3) is 1.95. The maximum absolute atomic E-state index is 12.0. The molecule has 0 atom stereocenters. The predicted octanol–water partition coefficient (Wildman–Crippen LogP) is 1.37. The minimum Gasteiger partial charge on any atom is -0.490 e. The van der Waals surface area contributed by atoms with Gasteiger partial charge in [-0.2, -0.15) is 0 Å². The Bertz CT molecular complexity index is 764. The van der Waals surface area contributed by atoms with Crippen molar-refractivity contribution in [1.82, 2.24) is 20.6 Å². The molecule has 1 aromatic carbocycles. The smallest absolute Gasteiger partial charge is 0.347 e. The van der Waals surface area contributed by atoms with Gasteiger partial charge in [-0.3, -0.25) is 0 Å². The van der Waals surface area contributed by atoms with Gasteiger partial charge in [0.2, 0.25) is 0 Å². The van der Waals surface area contributed by atoms with Crippen molar-refractivity contribution in [2.75, 3.05) is 6.61 Å². The molecule has 1 N–H and O–H groups in total. The maximum atomic E-state index is 12.0. The molecule has 0 aliphatic heterocycles. The standard InChI is InChI=1S/C12H10N4O3/c1-2-18-9-5-3-4-7-6-8(11-13-15-16-14-11)12(17)19-10(7)9/h3-6H,2H2,1H3,(H,13,14,15,16). The van der Waals surface area contributed by atoms with Crippen LogP contribution in [0.25, 0.3) is 22.4 Å². The van der Waals surface area contributed by atoms with Crippen molar-refractivity contribution in [2.24, 2.45) is 0 Å². The number of aromatic nitrogens is 4. The van der Waals surface area contributed by atoms with Gasteiger partial charge in [0.15, 0.2) is 17.2 Å². The predicted molar refractivity (Wildman–Crippen MR) is 66.8 cm³/mol. The molecule has 0 amide bonds. The minimum absolute atomic E-state index is 0.275. The fourth-order valence-corrected chi connectivity index (χ4v) is 1.83. The molecular weight excluding hydrogens is 248 g/mol. The average Bonchev–Trinajstić information content (AvgIpc) is 2.93. The number of aromatic amines is 1. The number of nitrogens with one attached hydrogen (secondary N) is 1. The summed E-state index contributed by atoms with van der Waals surface area (Å²) in [6.07, 6.45) is 0. The zero-order valence-corrected chi connectivity index (χ0v) is 10.1. The van der Waals surface area contributed by atoms with E-state index in [1.807, 2.05) is 19.1 Å². The van der Waals surface area contributed by atoms with Gasteiger partial charge in [0, 0.05) is 5.39 Å². The number of nitrogens with zero attached hydrogens (tertiary/aromatic N) is 3. The van der Waals surface area contributed by atoms with Gasteiger partial charge in [0.1, 0.15) is 5.56 Å². The van der Waals surface area contributed by atoms with Crippen LogP contribution in [0.5, 0.6) is 5.75 Å². The molecule has 7 nitrogen and oxygen atoms in total. The lowest BCUT2D eigenvalue weighted by Gasteiger charge is -2.06. The van der Waals surface area contributed by atoms with E-state index >= 15 is 0 Å². The van der Waals surface area contributed by atoms with Crippen LogP contribution >= 0.6 is 0 Å². The summed E-state index contributed by atoms with van der Waals surface area (Å²) in [5, 5.41) is 13.9. The van der Waals surface area contributed by atoms with Gasteiger partial charge in [-0.15, -0.1) is 5.10 Å². The summed E-state index contributed by atoms with van der Waals surface area (Å²) >= 11 is 0. The van der Waals surface area contributed by atoms with Gasteiger partial charge in [-0.25, -0.2) is 9.89 Å². The molecule has 0 bridgehead atoms. The first-order valence-electron chi connectivity index (χ1n) is 5.73. The highest BCUT2D eigenvalue weighted by molar-refractivity contribution is 5.85. The van der Waals surface area contributed by atoms with E-state index < -0.39 is 5.63 Å². The highest BCUT2D eigenvalue weighted by Crippen LogP contribution is 2.26. The van der Waals surface area contributed by atoms with Gasteiger partial charge in [0.05, 0.1) is 6.61 Å². The second kappa shape index (κ2) is 4.52. The monoisotopic (exact) mass is 258 g/mol. The molecule has 0 aliphatic carbocycles. The number of H-pyrrole nitrogens is 1. The first-order valence-corrected chi connectivity index (χ1v) is 5.73. The van der Waals surface area contributed by atoms with Crippen LogP contribution in [0.3, 0.4) is 0 Å². The molecule has 3 aromatic rings. The quantitative estimate of drug-likeness (QED) is 0.713. The van der Waals surface area contributed by atoms with Crippen LogP contribution in [0, 0.1) is 0 Å². The fraction of sp³-hybridized carbons (Fsp3) is 0.167. The molecule has 3 rings (SSSR count). The average molecular weight is 258 g/mol. The van der Waals surface area contributed by atoms with Crippen LogP contribution in [0.1, 0.15) is 6.92 Å². The first kappa shape index (κ1) is 11.4. The Morgan fingerprint density at radius 3 is 3.05 bits per heavy atom. The summed E-state index contributed by atoms with van der Waals surface area (Å²) in [5.74, 6) is 0.816. The molecule has 7 heteroatoms. The zero-order valence-electron chi connectivity index (χ0n) is 10.1. The summed E-state index contributed by atoms with van der Waals surface area (Å²) in [6.45, 7) is 2.36. The molecule has 2 heterocycles. The Labute approximate surface area is 107 Å². The molecule has 0 unspecified atom stereocenters. The van der Waals surface area contributed by atoms with E-state index in [0.717, 1.165) is 5.39 Å². The van der Waals surface area contributed by atoms with Gasteiger partial charge >= 0.3 is 5.63 Å². The van der Waals surface area contributed by atoms with Crippen LogP contribution in [-0.2, 0) is 0 Å². The second-order valence-corrected chi connectivity index (χ2v) is 3.80. The van der Waals surface area contributed by atoms with Crippen molar-refractivity contribution in [1.29, 1.82) is 0 Å². The molecular formula is C12H10N4O3. The molecule has 19 heavy (non-hydrogen) atoms. The van der Waals surface area contributed by atoms with Crippen LogP contribution in [-0.4, -0.2) is 27.2 Å². The number of para-hydroxylation sites is 1. The highest BCUT2D eigenvalue weighted by Gasteiger charge is 2.13. The lowest BCUT2D eigenvalue weighted by atomic mass is 10.1. The first-order chi connectivity index (χ1) is 9.29. The van der Waals surface area contributed by atoms with E-state index in [4.69, 9.17) is 9.15 Å². The van der Waals surface area contributed by atoms with Crippen molar-refractivity contribution in [3.63, 3.8) is 0 Å². The van der Waals surface area contributed by atoms with Crippen LogP contribution in [0.2, 0.25) is 0 Å². The van der Waals surface area contributed by atoms with E-state index in [9.17, 15) is 4.79 Å². The minimum atomic E-state index is -0.516. The molecule has 0 fully saturated rings. The van der Waals surface area contributed by atoms with Crippen molar-refractivity contribution in [3.05, 3.63) is 34.7 Å². The van der Waals surface area contributed by atoms with Crippen molar-refractivity contribution in [2.45, 2.75) is 6.92 Å². The Morgan fingerprint density at radius 2 is 2.32 bits per heavy atom. The molecule has 2 aromatic heterocycles. The molecule has 96 valence electrons. The Balaban J connectivity index is 2.25. The summed E-state index contributed by atoms with van der Waals surface area (Å²) in [6, 6.07) is 7.08. The summed E-state index contributed by atoms with van der Waals surface area (Å²) in [5.41, 5.74) is 0.190. The largest absolute Gasteiger partial charge is 0.490 e. The molecule has 0 saturated carbocycles. The van der Waals surface area contributed by atoms with Gasteiger partial charge in [-0.05, 0) is 29.5 Å². The van der Waals surface area contributed by atoms with Gasteiger partial charge in [0.25, 0.3) is 0 Å². The number of benzene rings is 1.